The second kappa shape index (κ2) is 5.99. The first-order valence-electron chi connectivity index (χ1n) is 5.78. The van der Waals surface area contributed by atoms with Crippen molar-refractivity contribution < 1.29 is 4.79 Å². The van der Waals surface area contributed by atoms with Crippen LogP contribution in [0, 0.1) is 6.92 Å². The van der Waals surface area contributed by atoms with E-state index in [1.807, 2.05) is 45.0 Å². The van der Waals surface area contributed by atoms with E-state index in [1.165, 1.54) is 0 Å². The molecule has 0 radical (unpaired) electrons. The third-order valence-electron chi connectivity index (χ3n) is 2.26. The molecule has 0 aliphatic heterocycles. The standard InChI is InChI=1S/C12H12N2O.C2H6/c1-9-3-5-10(6-4-9)12(15)11-7-8-14(2)13-11;1-2/h3-8H,1-2H3;1-2H3. The first-order valence-corrected chi connectivity index (χ1v) is 5.78. The van der Waals surface area contributed by atoms with Crippen molar-refractivity contribution in [1.82, 2.24) is 9.78 Å². The molecule has 17 heavy (non-hydrogen) atoms. The fraction of sp³-hybridized carbons (Fsp3) is 0.286. The summed E-state index contributed by atoms with van der Waals surface area (Å²) in [6, 6.07) is 9.23. The third kappa shape index (κ3) is 3.28. The number of nitrogens with zero attached hydrogens (tertiary/aromatic N) is 2. The maximum atomic E-state index is 11.9. The maximum Gasteiger partial charge on any atom is 0.213 e. The number of hydrogen-bond acceptors (Lipinski definition) is 2. The molecule has 0 spiro atoms. The van der Waals surface area contributed by atoms with Crippen LogP contribution in [0.2, 0.25) is 0 Å². The molecule has 0 atom stereocenters. The Morgan fingerprint density at radius 3 is 2.18 bits per heavy atom. The Bertz CT molecular complexity index is 483. The number of benzene rings is 1. The molecule has 0 N–H and O–H groups in total. The highest BCUT2D eigenvalue weighted by Gasteiger charge is 2.10. The predicted molar refractivity (Wildman–Crippen MR) is 69.2 cm³/mol. The predicted octanol–water partition coefficient (Wildman–Crippen LogP) is 2.99. The highest BCUT2D eigenvalue weighted by Crippen LogP contribution is 2.08. The number of hydrogen-bond donors (Lipinski definition) is 0. The van der Waals surface area contributed by atoms with E-state index in [0.29, 0.717) is 11.3 Å². The SMILES string of the molecule is CC.Cc1ccc(C(=O)c2ccn(C)n2)cc1. The molecule has 0 fully saturated rings. The van der Waals surface area contributed by atoms with Crippen LogP contribution in [-0.4, -0.2) is 15.6 Å². The summed E-state index contributed by atoms with van der Waals surface area (Å²) in [4.78, 5) is 11.9. The molecule has 0 amide bonds. The third-order valence-corrected chi connectivity index (χ3v) is 2.26. The minimum atomic E-state index is -0.0319. The van der Waals surface area contributed by atoms with Crippen molar-refractivity contribution in [3.63, 3.8) is 0 Å². The first kappa shape index (κ1) is 13.2. The van der Waals surface area contributed by atoms with Crippen LogP contribution in [0.1, 0.15) is 35.5 Å². The zero-order valence-corrected chi connectivity index (χ0v) is 10.8. The number of rotatable bonds is 2. The topological polar surface area (TPSA) is 34.9 Å². The zero-order chi connectivity index (χ0) is 12.8. The van der Waals surface area contributed by atoms with Crippen LogP contribution in [0.4, 0.5) is 0 Å². The minimum Gasteiger partial charge on any atom is -0.287 e. The molecule has 1 aromatic carbocycles. The van der Waals surface area contributed by atoms with Gasteiger partial charge in [-0.2, -0.15) is 5.10 Å². The van der Waals surface area contributed by atoms with Crippen molar-refractivity contribution in [3.8, 4) is 0 Å². The molecule has 2 aromatic rings. The lowest BCUT2D eigenvalue weighted by Crippen LogP contribution is -2.03. The Kier molecular flexibility index (Phi) is 4.64. The average molecular weight is 230 g/mol. The van der Waals surface area contributed by atoms with Gasteiger partial charge in [0.2, 0.25) is 5.78 Å². The Hall–Kier alpha value is -1.90. The van der Waals surface area contributed by atoms with Crippen molar-refractivity contribution in [2.75, 3.05) is 0 Å². The van der Waals surface area contributed by atoms with Crippen molar-refractivity contribution in [2.24, 2.45) is 7.05 Å². The summed E-state index contributed by atoms with van der Waals surface area (Å²) >= 11 is 0. The molecule has 90 valence electrons. The minimum absolute atomic E-state index is 0.0319. The summed E-state index contributed by atoms with van der Waals surface area (Å²) in [5.41, 5.74) is 2.31. The summed E-state index contributed by atoms with van der Waals surface area (Å²) in [6.45, 7) is 6.00. The van der Waals surface area contributed by atoms with Gasteiger partial charge in [-0.05, 0) is 13.0 Å². The van der Waals surface area contributed by atoms with Crippen LogP contribution in [0.25, 0.3) is 0 Å². The van der Waals surface area contributed by atoms with Crippen LogP contribution in [0.5, 0.6) is 0 Å². The fourth-order valence-electron chi connectivity index (χ4n) is 1.39. The highest BCUT2D eigenvalue weighted by atomic mass is 16.1. The van der Waals surface area contributed by atoms with E-state index < -0.39 is 0 Å². The average Bonchev–Trinajstić information content (AvgIpc) is 2.79. The molecule has 3 nitrogen and oxygen atoms in total. The van der Waals surface area contributed by atoms with E-state index in [1.54, 1.807) is 24.0 Å². The van der Waals surface area contributed by atoms with Crippen molar-refractivity contribution >= 4 is 5.78 Å². The van der Waals surface area contributed by atoms with Crippen LogP contribution in [0.3, 0.4) is 0 Å². The van der Waals surface area contributed by atoms with E-state index in [9.17, 15) is 4.79 Å². The molecule has 0 aliphatic rings. The van der Waals surface area contributed by atoms with Crippen molar-refractivity contribution in [3.05, 3.63) is 53.3 Å². The molecule has 0 bridgehead atoms. The molecular formula is C14H18N2O. The second-order valence-electron chi connectivity index (χ2n) is 3.57. The Morgan fingerprint density at radius 1 is 1.12 bits per heavy atom. The summed E-state index contributed by atoms with van der Waals surface area (Å²) < 4.78 is 1.63. The van der Waals surface area contributed by atoms with Crippen molar-refractivity contribution in [2.45, 2.75) is 20.8 Å². The number of aryl methyl sites for hydroxylation is 2. The number of aromatic nitrogens is 2. The first-order chi connectivity index (χ1) is 8.16. The Morgan fingerprint density at radius 2 is 1.71 bits per heavy atom. The molecule has 1 heterocycles. The summed E-state index contributed by atoms with van der Waals surface area (Å²) in [5.74, 6) is -0.0319. The molecule has 0 aliphatic carbocycles. The Labute approximate surface area is 102 Å². The van der Waals surface area contributed by atoms with Gasteiger partial charge in [-0.15, -0.1) is 0 Å². The summed E-state index contributed by atoms with van der Waals surface area (Å²) in [6.07, 6.45) is 1.77. The van der Waals surface area contributed by atoms with Gasteiger partial charge in [0.25, 0.3) is 0 Å². The van der Waals surface area contributed by atoms with E-state index in [4.69, 9.17) is 0 Å². The molecule has 1 aromatic heterocycles. The molecular weight excluding hydrogens is 212 g/mol. The number of ketones is 1. The van der Waals surface area contributed by atoms with Crippen LogP contribution >= 0.6 is 0 Å². The van der Waals surface area contributed by atoms with Crippen molar-refractivity contribution in [1.29, 1.82) is 0 Å². The van der Waals surface area contributed by atoms with Gasteiger partial charge in [-0.1, -0.05) is 43.7 Å². The van der Waals surface area contributed by atoms with Gasteiger partial charge in [-0.3, -0.25) is 9.48 Å². The van der Waals surface area contributed by atoms with E-state index in [0.717, 1.165) is 5.56 Å². The molecule has 3 heteroatoms. The van der Waals surface area contributed by atoms with Gasteiger partial charge in [-0.25, -0.2) is 0 Å². The van der Waals surface area contributed by atoms with Crippen LogP contribution < -0.4 is 0 Å². The molecule has 0 unspecified atom stereocenters. The smallest absolute Gasteiger partial charge is 0.213 e. The maximum absolute atomic E-state index is 11.9. The van der Waals surface area contributed by atoms with Gasteiger partial charge < -0.3 is 0 Å². The van der Waals surface area contributed by atoms with Gasteiger partial charge in [0.15, 0.2) is 0 Å². The monoisotopic (exact) mass is 230 g/mol. The Balaban J connectivity index is 0.000000686. The molecule has 0 saturated heterocycles. The van der Waals surface area contributed by atoms with Gasteiger partial charge in [0.05, 0.1) is 0 Å². The van der Waals surface area contributed by atoms with E-state index in [-0.39, 0.29) is 5.78 Å². The number of carbonyl (C=O) groups is 1. The van der Waals surface area contributed by atoms with Crippen LogP contribution in [0.15, 0.2) is 36.5 Å². The summed E-state index contributed by atoms with van der Waals surface area (Å²) in [5, 5.41) is 4.08. The van der Waals surface area contributed by atoms with Gasteiger partial charge >= 0.3 is 0 Å². The molecule has 0 saturated carbocycles. The zero-order valence-electron chi connectivity index (χ0n) is 10.8. The lowest BCUT2D eigenvalue weighted by Gasteiger charge is -1.97. The van der Waals surface area contributed by atoms with Gasteiger partial charge in [0.1, 0.15) is 5.69 Å². The van der Waals surface area contributed by atoms with Crippen LogP contribution in [-0.2, 0) is 7.05 Å². The fourth-order valence-corrected chi connectivity index (χ4v) is 1.39. The lowest BCUT2D eigenvalue weighted by atomic mass is 10.1. The van der Waals surface area contributed by atoms with Gasteiger partial charge in [0, 0.05) is 18.8 Å². The normalized spacial score (nSPS) is 9.41. The lowest BCUT2D eigenvalue weighted by molar-refractivity contribution is 0.103. The number of carbonyl (C=O) groups excluding carboxylic acids is 1. The highest BCUT2D eigenvalue weighted by molar-refractivity contribution is 6.07. The quantitative estimate of drug-likeness (QED) is 0.743. The summed E-state index contributed by atoms with van der Waals surface area (Å²) in [7, 11) is 1.80. The largest absolute Gasteiger partial charge is 0.287 e. The van der Waals surface area contributed by atoms with E-state index >= 15 is 0 Å². The van der Waals surface area contributed by atoms with E-state index in [2.05, 4.69) is 5.10 Å². The second-order valence-corrected chi connectivity index (χ2v) is 3.57. The molecule has 2 rings (SSSR count).